The lowest BCUT2D eigenvalue weighted by Crippen LogP contribution is -1.71. The molecule has 0 heteroatoms. The molecule has 120 valence electrons. The molecule has 0 fully saturated rings. The van der Waals surface area contributed by atoms with Crippen LogP contribution in [0.3, 0.4) is 0 Å². The first-order chi connectivity index (χ1) is 11.7. The zero-order chi connectivity index (χ0) is 17.0. The SMILES string of the molecule is CC(C=Cc1ccccc1)=CC=CC=C(C)C=Cc1ccccc1. The lowest BCUT2D eigenvalue weighted by Gasteiger charge is -1.93. The fraction of sp³-hybridized carbons (Fsp3) is 0.0833. The summed E-state index contributed by atoms with van der Waals surface area (Å²) in [7, 11) is 0. The molecule has 0 aromatic heterocycles. The van der Waals surface area contributed by atoms with E-state index in [1.54, 1.807) is 0 Å². The number of rotatable bonds is 6. The van der Waals surface area contributed by atoms with E-state index in [4.69, 9.17) is 0 Å². The third-order valence-electron chi connectivity index (χ3n) is 3.51. The lowest BCUT2D eigenvalue weighted by molar-refractivity contribution is 1.51. The second kappa shape index (κ2) is 10.0. The number of hydrogen-bond acceptors (Lipinski definition) is 0. The van der Waals surface area contributed by atoms with Crippen molar-refractivity contribution in [2.24, 2.45) is 0 Å². The Morgan fingerprint density at radius 3 is 1.33 bits per heavy atom. The van der Waals surface area contributed by atoms with Crippen molar-refractivity contribution < 1.29 is 0 Å². The molecule has 0 atom stereocenters. The van der Waals surface area contributed by atoms with Gasteiger partial charge in [0.25, 0.3) is 0 Å². The van der Waals surface area contributed by atoms with Crippen molar-refractivity contribution in [2.45, 2.75) is 13.8 Å². The molecular formula is C24H24. The number of hydrogen-bond donors (Lipinski definition) is 0. The van der Waals surface area contributed by atoms with Gasteiger partial charge in [-0.05, 0) is 25.0 Å². The van der Waals surface area contributed by atoms with Crippen molar-refractivity contribution in [1.29, 1.82) is 0 Å². The second-order valence-corrected chi connectivity index (χ2v) is 5.69. The summed E-state index contributed by atoms with van der Waals surface area (Å²) in [4.78, 5) is 0. The minimum absolute atomic E-state index is 1.22. The van der Waals surface area contributed by atoms with Crippen LogP contribution in [0.4, 0.5) is 0 Å². The summed E-state index contributed by atoms with van der Waals surface area (Å²) in [6.45, 7) is 4.21. The summed E-state index contributed by atoms with van der Waals surface area (Å²) in [6, 6.07) is 20.7. The highest BCUT2D eigenvalue weighted by Gasteiger charge is 1.85. The highest BCUT2D eigenvalue weighted by atomic mass is 13.9. The zero-order valence-electron chi connectivity index (χ0n) is 14.4. The van der Waals surface area contributed by atoms with Gasteiger partial charge in [0.2, 0.25) is 0 Å². The molecular weight excluding hydrogens is 288 g/mol. The second-order valence-electron chi connectivity index (χ2n) is 5.69. The molecule has 0 N–H and O–H groups in total. The first-order valence-corrected chi connectivity index (χ1v) is 8.22. The third-order valence-corrected chi connectivity index (χ3v) is 3.51. The molecule has 0 saturated heterocycles. The third kappa shape index (κ3) is 6.93. The van der Waals surface area contributed by atoms with Crippen LogP contribution in [0.15, 0.2) is 108 Å². The molecule has 0 unspecified atom stereocenters. The lowest BCUT2D eigenvalue weighted by atomic mass is 10.1. The van der Waals surface area contributed by atoms with E-state index in [1.165, 1.54) is 22.3 Å². The van der Waals surface area contributed by atoms with Crippen LogP contribution in [-0.2, 0) is 0 Å². The summed E-state index contributed by atoms with van der Waals surface area (Å²) >= 11 is 0. The minimum Gasteiger partial charge on any atom is -0.0622 e. The van der Waals surface area contributed by atoms with Crippen molar-refractivity contribution in [1.82, 2.24) is 0 Å². The molecule has 0 amide bonds. The van der Waals surface area contributed by atoms with Crippen LogP contribution in [0.1, 0.15) is 25.0 Å². The average Bonchev–Trinajstić information content (AvgIpc) is 2.63. The van der Waals surface area contributed by atoms with Crippen LogP contribution in [0.25, 0.3) is 12.2 Å². The van der Waals surface area contributed by atoms with E-state index in [-0.39, 0.29) is 0 Å². The maximum absolute atomic E-state index is 2.13. The molecule has 0 bridgehead atoms. The molecule has 0 aliphatic heterocycles. The van der Waals surface area contributed by atoms with Crippen LogP contribution < -0.4 is 0 Å². The van der Waals surface area contributed by atoms with Crippen molar-refractivity contribution in [3.63, 3.8) is 0 Å². The van der Waals surface area contributed by atoms with Crippen LogP contribution in [0, 0.1) is 0 Å². The number of allylic oxidation sites excluding steroid dienone is 8. The largest absolute Gasteiger partial charge is 0.0622 e. The molecule has 0 aliphatic rings. The standard InChI is InChI=1S/C24H24/c1-21(17-19-23-13-5-3-6-14-23)11-9-10-12-22(2)18-20-24-15-7-4-8-16-24/h3-20H,1-2H3. The van der Waals surface area contributed by atoms with E-state index in [9.17, 15) is 0 Å². The van der Waals surface area contributed by atoms with Gasteiger partial charge in [-0.3, -0.25) is 0 Å². The van der Waals surface area contributed by atoms with Crippen molar-refractivity contribution in [3.05, 3.63) is 119 Å². The van der Waals surface area contributed by atoms with Gasteiger partial charge in [-0.1, -0.05) is 120 Å². The van der Waals surface area contributed by atoms with Gasteiger partial charge in [0.15, 0.2) is 0 Å². The Bertz CT molecular complexity index is 687. The highest BCUT2D eigenvalue weighted by Crippen LogP contribution is 2.06. The fourth-order valence-electron chi connectivity index (χ4n) is 2.11. The summed E-state index contributed by atoms with van der Waals surface area (Å²) in [5.74, 6) is 0. The Hall–Kier alpha value is -2.86. The first kappa shape index (κ1) is 17.5. The van der Waals surface area contributed by atoms with E-state index >= 15 is 0 Å². The fourth-order valence-corrected chi connectivity index (χ4v) is 2.11. The van der Waals surface area contributed by atoms with Gasteiger partial charge in [-0.2, -0.15) is 0 Å². The van der Waals surface area contributed by atoms with Gasteiger partial charge < -0.3 is 0 Å². The summed E-state index contributed by atoms with van der Waals surface area (Å²) in [5.41, 5.74) is 4.88. The van der Waals surface area contributed by atoms with Crippen LogP contribution in [-0.4, -0.2) is 0 Å². The molecule has 2 aromatic rings. The quantitative estimate of drug-likeness (QED) is 0.511. The molecule has 0 saturated carbocycles. The molecule has 2 rings (SSSR count). The minimum atomic E-state index is 1.22. The van der Waals surface area contributed by atoms with E-state index in [1.807, 2.05) is 12.1 Å². The summed E-state index contributed by atoms with van der Waals surface area (Å²) in [6.07, 6.45) is 16.9. The highest BCUT2D eigenvalue weighted by molar-refractivity contribution is 5.53. The molecule has 2 aromatic carbocycles. The van der Waals surface area contributed by atoms with Crippen molar-refractivity contribution >= 4 is 12.2 Å². The van der Waals surface area contributed by atoms with Gasteiger partial charge in [0.05, 0.1) is 0 Å². The average molecular weight is 312 g/mol. The monoisotopic (exact) mass is 312 g/mol. The maximum Gasteiger partial charge on any atom is -0.0257 e. The Labute approximate surface area is 145 Å². The summed E-state index contributed by atoms with van der Waals surface area (Å²) in [5, 5.41) is 0. The van der Waals surface area contributed by atoms with Gasteiger partial charge in [-0.25, -0.2) is 0 Å². The predicted octanol–water partition coefficient (Wildman–Crippen LogP) is 6.86. The predicted molar refractivity (Wildman–Crippen MR) is 108 cm³/mol. The zero-order valence-corrected chi connectivity index (χ0v) is 14.4. The first-order valence-electron chi connectivity index (χ1n) is 8.22. The molecule has 0 radical (unpaired) electrons. The van der Waals surface area contributed by atoms with Gasteiger partial charge in [0, 0.05) is 0 Å². The van der Waals surface area contributed by atoms with Gasteiger partial charge >= 0.3 is 0 Å². The topological polar surface area (TPSA) is 0 Å². The van der Waals surface area contributed by atoms with Crippen LogP contribution in [0.5, 0.6) is 0 Å². The molecule has 0 spiro atoms. The Morgan fingerprint density at radius 1 is 0.583 bits per heavy atom. The van der Waals surface area contributed by atoms with Gasteiger partial charge in [0.1, 0.15) is 0 Å². The van der Waals surface area contributed by atoms with E-state index in [2.05, 4.69) is 111 Å². The maximum atomic E-state index is 2.13. The summed E-state index contributed by atoms with van der Waals surface area (Å²) < 4.78 is 0. The van der Waals surface area contributed by atoms with E-state index < -0.39 is 0 Å². The Balaban J connectivity index is 1.88. The van der Waals surface area contributed by atoms with E-state index in [0.717, 1.165) is 0 Å². The Morgan fingerprint density at radius 2 is 0.958 bits per heavy atom. The molecule has 0 heterocycles. The van der Waals surface area contributed by atoms with Crippen molar-refractivity contribution in [2.75, 3.05) is 0 Å². The molecule has 24 heavy (non-hydrogen) atoms. The molecule has 0 nitrogen and oxygen atoms in total. The van der Waals surface area contributed by atoms with Crippen molar-refractivity contribution in [3.8, 4) is 0 Å². The molecule has 0 aliphatic carbocycles. The Kier molecular flexibility index (Phi) is 7.30. The smallest absolute Gasteiger partial charge is 0.0257 e. The van der Waals surface area contributed by atoms with Crippen LogP contribution >= 0.6 is 0 Å². The van der Waals surface area contributed by atoms with Gasteiger partial charge in [-0.15, -0.1) is 0 Å². The normalized spacial score (nSPS) is 13.4. The van der Waals surface area contributed by atoms with Crippen LogP contribution in [0.2, 0.25) is 0 Å². The van der Waals surface area contributed by atoms with E-state index in [0.29, 0.717) is 0 Å². The number of benzene rings is 2.